The highest BCUT2D eigenvalue weighted by Gasteiger charge is 2.21. The lowest BCUT2D eigenvalue weighted by Gasteiger charge is -2.16. The minimum atomic E-state index is -0.778. The fraction of sp³-hybridized carbons (Fsp3) is 0.129. The van der Waals surface area contributed by atoms with E-state index in [1.54, 1.807) is 18.2 Å². The summed E-state index contributed by atoms with van der Waals surface area (Å²) >= 11 is 3.40. The maximum Gasteiger partial charge on any atom is 0.268 e. The summed E-state index contributed by atoms with van der Waals surface area (Å²) in [6, 6.07) is 15.4. The van der Waals surface area contributed by atoms with Crippen LogP contribution in [0.5, 0.6) is 23.0 Å². The molecule has 5 aromatic rings. The summed E-state index contributed by atoms with van der Waals surface area (Å²) in [6.45, 7) is 0.0366. The second-order valence-electron chi connectivity index (χ2n) is 9.14. The van der Waals surface area contributed by atoms with Crippen LogP contribution in [0, 0.1) is 11.6 Å². The lowest BCUT2D eigenvalue weighted by Crippen LogP contribution is -2.31. The quantitative estimate of drug-likeness (QED) is 0.191. The van der Waals surface area contributed by atoms with Crippen LogP contribution in [0.25, 0.3) is 16.6 Å². The van der Waals surface area contributed by atoms with Gasteiger partial charge in [0.2, 0.25) is 0 Å². The maximum absolute atomic E-state index is 15.2. The molecule has 220 valence electrons. The molecule has 43 heavy (non-hydrogen) atoms. The summed E-state index contributed by atoms with van der Waals surface area (Å²) in [5.41, 5.74) is 0.490. The van der Waals surface area contributed by atoms with E-state index in [1.807, 2.05) is 0 Å². The van der Waals surface area contributed by atoms with Crippen LogP contribution in [-0.2, 0) is 11.3 Å². The third-order valence-corrected chi connectivity index (χ3v) is 7.16. The van der Waals surface area contributed by atoms with Gasteiger partial charge in [0, 0.05) is 46.7 Å². The van der Waals surface area contributed by atoms with Crippen LogP contribution in [0.2, 0.25) is 0 Å². The van der Waals surface area contributed by atoms with Crippen molar-refractivity contribution in [3.05, 3.63) is 111 Å². The molecular weight excluding hydrogens is 628 g/mol. The Hall–Kier alpha value is -4.81. The number of hydrogen-bond donors (Lipinski definition) is 1. The fourth-order valence-corrected chi connectivity index (χ4v) is 4.95. The van der Waals surface area contributed by atoms with Gasteiger partial charge in [0.15, 0.2) is 23.1 Å². The predicted octanol–water partition coefficient (Wildman–Crippen LogP) is 6.63. The number of nitrogens with one attached hydrogen (secondary N) is 1. The number of halogens is 3. The number of methoxy groups -OCH3 is 3. The SMILES string of the molecule is COCc1c(Br)cc(C(=O)Nc2ccc(Oc3ccnc4cc(OC)c(OC)cc34)c(F)c2)c(=O)n1-c1ccc(F)cc1. The average Bonchev–Trinajstić information content (AvgIpc) is 3.00. The first kappa shape index (κ1) is 29.7. The number of fused-ring (bicyclic) bond motifs is 1. The molecule has 0 saturated carbocycles. The van der Waals surface area contributed by atoms with E-state index in [1.165, 1.54) is 74.6 Å². The van der Waals surface area contributed by atoms with E-state index in [4.69, 9.17) is 18.9 Å². The summed E-state index contributed by atoms with van der Waals surface area (Å²) in [7, 11) is 4.47. The smallest absolute Gasteiger partial charge is 0.268 e. The number of rotatable bonds is 9. The van der Waals surface area contributed by atoms with Gasteiger partial charge in [-0.3, -0.25) is 19.1 Å². The van der Waals surface area contributed by atoms with E-state index >= 15 is 4.39 Å². The van der Waals surface area contributed by atoms with Crippen LogP contribution in [0.1, 0.15) is 16.1 Å². The van der Waals surface area contributed by atoms with Crippen molar-refractivity contribution >= 4 is 38.4 Å². The van der Waals surface area contributed by atoms with Gasteiger partial charge in [-0.25, -0.2) is 8.78 Å². The Morgan fingerprint density at radius 3 is 2.30 bits per heavy atom. The number of benzene rings is 3. The standard InChI is InChI=1S/C31H24BrF2N3O6/c1-40-16-25-22(32)13-21(31(39)37(25)19-7-4-17(33)5-8-19)30(38)36-18-6-9-27(23(34)12-18)43-26-10-11-35-24-15-29(42-3)28(41-2)14-20(24)26/h4-15H,16H2,1-3H3,(H,36,38). The van der Waals surface area contributed by atoms with Crippen molar-refractivity contribution in [2.45, 2.75) is 6.61 Å². The van der Waals surface area contributed by atoms with E-state index in [0.29, 0.717) is 44.0 Å². The lowest BCUT2D eigenvalue weighted by atomic mass is 10.1. The lowest BCUT2D eigenvalue weighted by molar-refractivity contribution is 0.102. The van der Waals surface area contributed by atoms with Gasteiger partial charge in [0.05, 0.1) is 32.0 Å². The van der Waals surface area contributed by atoms with Crippen molar-refractivity contribution in [2.24, 2.45) is 0 Å². The van der Waals surface area contributed by atoms with Crippen molar-refractivity contribution in [2.75, 3.05) is 26.6 Å². The number of carbonyl (C=O) groups is 1. The van der Waals surface area contributed by atoms with Crippen LogP contribution in [0.15, 0.2) is 82.2 Å². The average molecular weight is 652 g/mol. The predicted molar refractivity (Wildman–Crippen MR) is 160 cm³/mol. The minimum Gasteiger partial charge on any atom is -0.493 e. The molecule has 1 N–H and O–H groups in total. The van der Waals surface area contributed by atoms with Crippen molar-refractivity contribution in [3.8, 4) is 28.7 Å². The molecule has 0 fully saturated rings. The fourth-order valence-electron chi connectivity index (χ4n) is 4.43. The second-order valence-corrected chi connectivity index (χ2v) is 9.99. The molecule has 2 heterocycles. The summed E-state index contributed by atoms with van der Waals surface area (Å²) in [6.07, 6.45) is 1.52. The molecule has 0 unspecified atom stereocenters. The molecule has 9 nitrogen and oxygen atoms in total. The van der Waals surface area contributed by atoms with E-state index in [2.05, 4.69) is 26.2 Å². The number of aromatic nitrogens is 2. The molecule has 0 aliphatic carbocycles. The molecule has 2 aromatic heterocycles. The molecule has 12 heteroatoms. The molecule has 5 rings (SSSR count). The maximum atomic E-state index is 15.2. The summed E-state index contributed by atoms with van der Waals surface area (Å²) in [5, 5.41) is 3.12. The monoisotopic (exact) mass is 651 g/mol. The Morgan fingerprint density at radius 1 is 0.907 bits per heavy atom. The van der Waals surface area contributed by atoms with E-state index < -0.39 is 23.1 Å². The Balaban J connectivity index is 1.43. The van der Waals surface area contributed by atoms with Crippen LogP contribution >= 0.6 is 15.9 Å². The highest BCUT2D eigenvalue weighted by Crippen LogP contribution is 2.37. The van der Waals surface area contributed by atoms with Gasteiger partial charge in [-0.15, -0.1) is 0 Å². The Bertz CT molecular complexity index is 1900. The highest BCUT2D eigenvalue weighted by molar-refractivity contribution is 9.10. The van der Waals surface area contributed by atoms with Gasteiger partial charge in [-0.2, -0.15) is 0 Å². The van der Waals surface area contributed by atoms with Crippen LogP contribution in [0.4, 0.5) is 14.5 Å². The van der Waals surface area contributed by atoms with Crippen LogP contribution in [0.3, 0.4) is 0 Å². The number of ether oxygens (including phenoxy) is 4. The van der Waals surface area contributed by atoms with Crippen molar-refractivity contribution in [3.63, 3.8) is 0 Å². The van der Waals surface area contributed by atoms with Gasteiger partial charge in [-0.1, -0.05) is 0 Å². The van der Waals surface area contributed by atoms with E-state index in [0.717, 1.165) is 6.07 Å². The molecule has 0 spiro atoms. The number of hydrogen-bond acceptors (Lipinski definition) is 7. The van der Waals surface area contributed by atoms with Crippen LogP contribution < -0.4 is 25.1 Å². The Labute approximate surface area is 252 Å². The topological polar surface area (TPSA) is 101 Å². The van der Waals surface area contributed by atoms with Gasteiger partial charge in [-0.05, 0) is 70.5 Å². The van der Waals surface area contributed by atoms with Gasteiger partial charge in [0.1, 0.15) is 17.1 Å². The molecule has 1 amide bonds. The molecule has 0 atom stereocenters. The molecule has 0 bridgehead atoms. The number of carbonyl (C=O) groups excluding carboxylic acids is 1. The van der Waals surface area contributed by atoms with E-state index in [9.17, 15) is 14.0 Å². The zero-order chi connectivity index (χ0) is 30.7. The first-order chi connectivity index (χ1) is 20.7. The molecule has 0 saturated heterocycles. The largest absolute Gasteiger partial charge is 0.493 e. The summed E-state index contributed by atoms with van der Waals surface area (Å²) in [4.78, 5) is 31.0. The normalized spacial score (nSPS) is 10.9. The first-order valence-electron chi connectivity index (χ1n) is 12.7. The summed E-state index contributed by atoms with van der Waals surface area (Å²) < 4.78 is 52.2. The third-order valence-electron chi connectivity index (χ3n) is 6.48. The number of pyridine rings is 2. The Kier molecular flexibility index (Phi) is 8.69. The zero-order valence-corrected chi connectivity index (χ0v) is 24.7. The van der Waals surface area contributed by atoms with E-state index in [-0.39, 0.29) is 23.6 Å². The third kappa shape index (κ3) is 6.06. The van der Waals surface area contributed by atoms with Gasteiger partial charge in [0.25, 0.3) is 11.5 Å². The zero-order valence-electron chi connectivity index (χ0n) is 23.1. The second kappa shape index (κ2) is 12.6. The number of anilines is 1. The van der Waals surface area contributed by atoms with Crippen molar-refractivity contribution in [1.82, 2.24) is 9.55 Å². The molecule has 3 aromatic carbocycles. The first-order valence-corrected chi connectivity index (χ1v) is 13.5. The van der Waals surface area contributed by atoms with Crippen molar-refractivity contribution < 1.29 is 32.5 Å². The molecule has 0 aliphatic rings. The van der Waals surface area contributed by atoms with Crippen molar-refractivity contribution in [1.29, 1.82) is 0 Å². The van der Waals surface area contributed by atoms with Gasteiger partial charge < -0.3 is 24.3 Å². The molecular formula is C31H24BrF2N3O6. The molecule has 0 radical (unpaired) electrons. The van der Waals surface area contributed by atoms with Crippen LogP contribution in [-0.4, -0.2) is 36.8 Å². The highest BCUT2D eigenvalue weighted by atomic mass is 79.9. The number of amides is 1. The Morgan fingerprint density at radius 2 is 1.63 bits per heavy atom. The number of nitrogens with zero attached hydrogens (tertiary/aromatic N) is 2. The molecule has 0 aliphatic heterocycles. The summed E-state index contributed by atoms with van der Waals surface area (Å²) in [5.74, 6) is -0.870. The minimum absolute atomic E-state index is 0.0366. The van der Waals surface area contributed by atoms with Gasteiger partial charge >= 0.3 is 0 Å².